The molecule has 3 unspecified atom stereocenters. The molecular weight excluding hydrogens is 665 g/mol. The highest BCUT2D eigenvalue weighted by molar-refractivity contribution is 7.47. The van der Waals surface area contributed by atoms with E-state index in [1.807, 2.05) is 0 Å². The number of phosphoric ester groups is 1. The van der Waals surface area contributed by atoms with Crippen LogP contribution in [0.5, 0.6) is 0 Å². The van der Waals surface area contributed by atoms with Crippen molar-refractivity contribution in [3.63, 3.8) is 0 Å². The van der Waals surface area contributed by atoms with Crippen molar-refractivity contribution < 1.29 is 38.3 Å². The van der Waals surface area contributed by atoms with Crippen LogP contribution >= 0.6 is 7.82 Å². The lowest BCUT2D eigenvalue weighted by molar-refractivity contribution is -0.143. The summed E-state index contributed by atoms with van der Waals surface area (Å²) in [5, 5.41) is 20.0. The molecule has 0 bridgehead atoms. The highest BCUT2D eigenvalue weighted by atomic mass is 31.2. The smallest absolute Gasteiger partial charge is 0.394 e. The summed E-state index contributed by atoms with van der Waals surface area (Å²) in [6.07, 6.45) is 33.0. The fourth-order valence-electron chi connectivity index (χ4n) is 6.50. The topological polar surface area (TPSA) is 156 Å². The highest BCUT2D eigenvalue weighted by Crippen LogP contribution is 2.45. The minimum Gasteiger partial charge on any atom is -0.394 e. The number of Topliss-reactive ketones (excluding diaryl/α,β-unsaturated/α-hetero) is 2. The van der Waals surface area contributed by atoms with Crippen LogP contribution in [-0.4, -0.2) is 58.6 Å². The third kappa shape index (κ3) is 30.1. The monoisotopic (exact) mass is 746 g/mol. The molecule has 0 spiro atoms. The molecule has 0 heterocycles. The van der Waals surface area contributed by atoms with E-state index in [1.165, 1.54) is 109 Å². The Balaban J connectivity index is 4.78. The van der Waals surface area contributed by atoms with E-state index in [0.29, 0.717) is 12.8 Å². The second-order valence-electron chi connectivity index (χ2n) is 14.5. The molecule has 9 nitrogen and oxygen atoms in total. The van der Waals surface area contributed by atoms with Gasteiger partial charge in [-0.1, -0.05) is 167 Å². The van der Waals surface area contributed by atoms with Gasteiger partial charge < -0.3 is 20.8 Å². The number of nitrogens with two attached hydrogens (primary N) is 1. The molecule has 0 amide bonds. The van der Waals surface area contributed by atoms with Crippen LogP contribution in [0, 0.1) is 5.92 Å². The van der Waals surface area contributed by atoms with Crippen molar-refractivity contribution in [2.45, 2.75) is 212 Å². The molecule has 0 aromatic rings. The van der Waals surface area contributed by atoms with Gasteiger partial charge in [-0.15, -0.1) is 0 Å². The number of phosphoric acid groups is 1. The van der Waals surface area contributed by atoms with Crippen molar-refractivity contribution >= 4 is 19.4 Å². The fourth-order valence-corrected chi connectivity index (χ4v) is 7.43. The van der Waals surface area contributed by atoms with Gasteiger partial charge >= 0.3 is 7.82 Å². The number of aliphatic hydroxyl groups excluding tert-OH is 2. The average molecular weight is 746 g/mol. The van der Waals surface area contributed by atoms with Crippen molar-refractivity contribution in [3.8, 4) is 0 Å². The largest absolute Gasteiger partial charge is 0.473 e. The van der Waals surface area contributed by atoms with Gasteiger partial charge in [0.05, 0.1) is 19.1 Å². The summed E-state index contributed by atoms with van der Waals surface area (Å²) < 4.78 is 22.3. The molecule has 0 radical (unpaired) electrons. The van der Waals surface area contributed by atoms with E-state index in [2.05, 4.69) is 26.0 Å². The number of aliphatic hydroxyl groups is 2. The first-order valence-electron chi connectivity index (χ1n) is 21.1. The molecule has 0 rings (SSSR count). The first-order valence-corrected chi connectivity index (χ1v) is 22.6. The van der Waals surface area contributed by atoms with Crippen LogP contribution in [0.4, 0.5) is 0 Å². The molecule has 0 aliphatic carbocycles. The Morgan fingerprint density at radius 2 is 1.08 bits per heavy atom. The normalized spacial score (nSPS) is 14.9. The first-order chi connectivity index (χ1) is 24.7. The lowest BCUT2D eigenvalue weighted by atomic mass is 9.86. The van der Waals surface area contributed by atoms with Gasteiger partial charge in [-0.25, -0.2) is 4.57 Å². The molecule has 0 aromatic heterocycles. The zero-order chi connectivity index (χ0) is 37.8. The van der Waals surface area contributed by atoms with Crippen LogP contribution in [0.2, 0.25) is 0 Å². The lowest BCUT2D eigenvalue weighted by Crippen LogP contribution is -2.43. The molecule has 0 aromatic carbocycles. The van der Waals surface area contributed by atoms with E-state index >= 15 is 0 Å². The minimum absolute atomic E-state index is 0.0512. The van der Waals surface area contributed by atoms with Gasteiger partial charge in [0.25, 0.3) is 0 Å². The number of unbranched alkanes of at least 4 members (excludes halogenated alkanes) is 24. The van der Waals surface area contributed by atoms with Crippen LogP contribution in [-0.2, 0) is 23.2 Å². The number of carbonyl (C=O) groups is 2. The molecule has 51 heavy (non-hydrogen) atoms. The van der Waals surface area contributed by atoms with Crippen LogP contribution in [0.25, 0.3) is 0 Å². The first kappa shape index (κ1) is 50.1. The number of allylic oxidation sites excluding steroid dienone is 2. The molecule has 0 saturated heterocycles. The summed E-state index contributed by atoms with van der Waals surface area (Å²) in [6, 6.07) is 0. The van der Waals surface area contributed by atoms with E-state index in [-0.39, 0.29) is 31.8 Å². The van der Waals surface area contributed by atoms with Crippen LogP contribution in [0.3, 0.4) is 0 Å². The zero-order valence-corrected chi connectivity index (χ0v) is 33.8. The quantitative estimate of drug-likeness (QED) is 0.0207. The maximum atomic E-state index is 13.6. The van der Waals surface area contributed by atoms with E-state index in [1.54, 1.807) is 0 Å². The van der Waals surface area contributed by atoms with E-state index in [0.717, 1.165) is 51.4 Å². The Labute approximate surface area is 312 Å². The molecule has 0 fully saturated rings. The molecule has 0 saturated carbocycles. The average Bonchev–Trinajstić information content (AvgIpc) is 3.12. The number of hydrogen-bond acceptors (Lipinski definition) is 8. The molecule has 302 valence electrons. The summed E-state index contributed by atoms with van der Waals surface area (Å²) in [5.74, 6) is -2.12. The van der Waals surface area contributed by atoms with Crippen molar-refractivity contribution in [1.82, 2.24) is 0 Å². The van der Waals surface area contributed by atoms with E-state index < -0.39 is 38.3 Å². The predicted octanol–water partition coefficient (Wildman–Crippen LogP) is 10.5. The third-order valence-corrected chi connectivity index (χ3v) is 10.7. The number of hydrogen-bond donors (Lipinski definition) is 4. The van der Waals surface area contributed by atoms with E-state index in [9.17, 15) is 29.3 Å². The summed E-state index contributed by atoms with van der Waals surface area (Å²) in [6.45, 7) is 3.27. The Bertz CT molecular complexity index is 886. The van der Waals surface area contributed by atoms with Crippen molar-refractivity contribution in [3.05, 3.63) is 12.2 Å². The summed E-state index contributed by atoms with van der Waals surface area (Å²) in [4.78, 5) is 37.2. The predicted molar refractivity (Wildman–Crippen MR) is 211 cm³/mol. The van der Waals surface area contributed by atoms with Gasteiger partial charge in [0, 0.05) is 13.0 Å². The summed E-state index contributed by atoms with van der Waals surface area (Å²) in [5.41, 5.74) is 5.36. The van der Waals surface area contributed by atoms with Gasteiger partial charge in [-0.05, 0) is 38.5 Å². The number of ketones is 2. The minimum atomic E-state index is -4.76. The Hall–Kier alpha value is -0.930. The van der Waals surface area contributed by atoms with Gasteiger partial charge in [0.15, 0.2) is 11.9 Å². The Morgan fingerprint density at radius 1 is 0.667 bits per heavy atom. The maximum Gasteiger partial charge on any atom is 0.473 e. The van der Waals surface area contributed by atoms with Gasteiger partial charge in [0.1, 0.15) is 11.9 Å². The van der Waals surface area contributed by atoms with Crippen molar-refractivity contribution in [2.24, 2.45) is 11.7 Å². The highest BCUT2D eigenvalue weighted by Gasteiger charge is 2.40. The van der Waals surface area contributed by atoms with Crippen LogP contribution < -0.4 is 5.73 Å². The van der Waals surface area contributed by atoms with Gasteiger partial charge in [-0.2, -0.15) is 0 Å². The Morgan fingerprint density at radius 3 is 1.51 bits per heavy atom. The molecular formula is C41H80NO8P. The molecule has 0 aliphatic heterocycles. The molecule has 4 atom stereocenters. The van der Waals surface area contributed by atoms with Crippen molar-refractivity contribution in [2.75, 3.05) is 19.8 Å². The number of rotatable bonds is 40. The van der Waals surface area contributed by atoms with Crippen LogP contribution in [0.15, 0.2) is 12.2 Å². The third-order valence-electron chi connectivity index (χ3n) is 9.70. The maximum absolute atomic E-state index is 13.6. The summed E-state index contributed by atoms with van der Waals surface area (Å²) in [7, 11) is -4.76. The fraction of sp³-hybridized carbons (Fsp3) is 0.902. The summed E-state index contributed by atoms with van der Waals surface area (Å²) >= 11 is 0. The molecule has 5 N–H and O–H groups in total. The standard InChI is InChI=1S/C41H80NO8P/c1-3-5-7-9-11-13-15-17-19-21-23-25-27-29-31-33-38(44)37(40(46)41(39(45)36-43)50-51(47,48)49-35-34-42)32-30-28-26-24-22-20-18-16-14-12-10-8-6-4-2/h18,20,37,39,41,43,45H,3-17,19,21-36,42H2,1-2H3,(H,47,48)/b20-18-/t37?,39-,41?/m0/s1. The second kappa shape index (κ2) is 36.1. The van der Waals surface area contributed by atoms with Crippen molar-refractivity contribution in [1.29, 1.82) is 0 Å². The SMILES string of the molecule is CCCCCCCC/C=C\CCCCCCC(C(=O)CCCCCCCCCCCCCCCCC)C(=O)C(OP(=O)(O)OCCN)[C@@H](O)CO. The van der Waals surface area contributed by atoms with Crippen LogP contribution in [0.1, 0.15) is 200 Å². The zero-order valence-electron chi connectivity index (χ0n) is 32.9. The number of carbonyl (C=O) groups excluding carboxylic acids is 2. The molecule has 0 aliphatic rings. The molecule has 10 heteroatoms. The van der Waals surface area contributed by atoms with Gasteiger partial charge in [0.2, 0.25) is 0 Å². The van der Waals surface area contributed by atoms with E-state index in [4.69, 9.17) is 14.8 Å². The second-order valence-corrected chi connectivity index (χ2v) is 15.9. The lowest BCUT2D eigenvalue weighted by Gasteiger charge is -2.26. The Kier molecular flexibility index (Phi) is 35.4. The van der Waals surface area contributed by atoms with Gasteiger partial charge in [-0.3, -0.25) is 18.6 Å².